The van der Waals surface area contributed by atoms with E-state index in [4.69, 9.17) is 4.74 Å². The number of amides is 1. The van der Waals surface area contributed by atoms with Crippen LogP contribution in [0.3, 0.4) is 0 Å². The Labute approximate surface area is 171 Å². The highest BCUT2D eigenvalue weighted by molar-refractivity contribution is 7.20. The Morgan fingerprint density at radius 3 is 2.83 bits per heavy atom. The molecule has 0 radical (unpaired) electrons. The molecule has 0 fully saturated rings. The Morgan fingerprint density at radius 2 is 2.07 bits per heavy atom. The van der Waals surface area contributed by atoms with Crippen LogP contribution in [0.15, 0.2) is 30.6 Å². The van der Waals surface area contributed by atoms with E-state index < -0.39 is 0 Å². The summed E-state index contributed by atoms with van der Waals surface area (Å²) in [6.07, 6.45) is 2.13. The molecule has 0 aliphatic rings. The van der Waals surface area contributed by atoms with E-state index in [0.717, 1.165) is 15.8 Å². The first kappa shape index (κ1) is 20.5. The Kier molecular flexibility index (Phi) is 6.61. The second kappa shape index (κ2) is 9.33. The van der Waals surface area contributed by atoms with Gasteiger partial charge in [-0.3, -0.25) is 4.79 Å². The summed E-state index contributed by atoms with van der Waals surface area (Å²) in [6, 6.07) is 6.21. The van der Waals surface area contributed by atoms with Crippen LogP contribution >= 0.6 is 11.3 Å². The Bertz CT molecular complexity index is 1030. The fraction of sp³-hybridized carbons (Fsp3) is 0.300. The third kappa shape index (κ3) is 4.80. The van der Waals surface area contributed by atoms with E-state index in [1.165, 1.54) is 29.8 Å². The minimum atomic E-state index is -0.353. The van der Waals surface area contributed by atoms with Gasteiger partial charge in [-0.25, -0.2) is 14.8 Å². The van der Waals surface area contributed by atoms with Crippen LogP contribution in [-0.2, 0) is 4.74 Å². The van der Waals surface area contributed by atoms with Gasteiger partial charge in [0.1, 0.15) is 27.6 Å². The number of nitrogens with zero attached hydrogens (tertiary/aromatic N) is 2. The molecule has 0 aliphatic carbocycles. The number of benzene rings is 1. The molecule has 3 rings (SSSR count). The molecule has 0 spiro atoms. The number of phenols is 1. The second-order valence-corrected chi connectivity index (χ2v) is 7.26. The molecule has 2 aromatic heterocycles. The molecule has 2 heterocycles. The molecule has 9 heteroatoms. The molecule has 1 amide bonds. The van der Waals surface area contributed by atoms with Crippen molar-refractivity contribution in [1.82, 2.24) is 15.3 Å². The summed E-state index contributed by atoms with van der Waals surface area (Å²) < 4.78 is 5.10. The maximum Gasteiger partial charge on any atom is 0.348 e. The van der Waals surface area contributed by atoms with Crippen molar-refractivity contribution in [3.8, 4) is 5.75 Å². The van der Waals surface area contributed by atoms with Gasteiger partial charge in [0, 0.05) is 18.7 Å². The number of aromatic nitrogens is 2. The number of ether oxygens (including phenoxy) is 1. The van der Waals surface area contributed by atoms with Gasteiger partial charge in [0.2, 0.25) is 0 Å². The number of nitrogens with one attached hydrogen (secondary N) is 2. The number of carbonyl (C=O) groups is 2. The van der Waals surface area contributed by atoms with Crippen LogP contribution in [0.2, 0.25) is 0 Å². The average molecular weight is 414 g/mol. The highest BCUT2D eigenvalue weighted by Gasteiger charge is 2.20. The summed E-state index contributed by atoms with van der Waals surface area (Å²) in [5.41, 5.74) is 1.21. The lowest BCUT2D eigenvalue weighted by molar-refractivity contribution is 0.0531. The lowest BCUT2D eigenvalue weighted by Gasteiger charge is -2.08. The van der Waals surface area contributed by atoms with Crippen LogP contribution in [0.1, 0.15) is 38.9 Å². The van der Waals surface area contributed by atoms with Crippen LogP contribution in [0.5, 0.6) is 5.75 Å². The van der Waals surface area contributed by atoms with Crippen molar-refractivity contribution in [1.29, 1.82) is 0 Å². The maximum atomic E-state index is 12.1. The lowest BCUT2D eigenvalue weighted by Crippen LogP contribution is -2.25. The standard InChI is InChI=1S/C20H22N4O4S/c1-3-28-20(27)16-12(2)15-17(23-11-24-19(15)29-16)21-8-5-9-22-18(26)13-6-4-7-14(25)10-13/h4,6-7,10-11,25H,3,5,8-9H2,1-2H3,(H,22,26)(H,21,23,24). The first-order valence-corrected chi connectivity index (χ1v) is 10.0. The Morgan fingerprint density at radius 1 is 1.24 bits per heavy atom. The summed E-state index contributed by atoms with van der Waals surface area (Å²) in [5, 5.41) is 16.3. The third-order valence-electron chi connectivity index (χ3n) is 4.23. The van der Waals surface area contributed by atoms with E-state index in [1.54, 1.807) is 19.1 Å². The molecule has 0 bridgehead atoms. The lowest BCUT2D eigenvalue weighted by atomic mass is 10.2. The topological polar surface area (TPSA) is 113 Å². The first-order chi connectivity index (χ1) is 14.0. The molecule has 0 atom stereocenters. The molecule has 29 heavy (non-hydrogen) atoms. The number of phenolic OH excluding ortho intramolecular Hbond substituents is 1. The fourth-order valence-electron chi connectivity index (χ4n) is 2.84. The molecule has 3 N–H and O–H groups in total. The van der Waals surface area contributed by atoms with Crippen LogP contribution in [0.25, 0.3) is 10.2 Å². The van der Waals surface area contributed by atoms with Crippen LogP contribution in [0, 0.1) is 6.92 Å². The molecule has 0 unspecified atom stereocenters. The van der Waals surface area contributed by atoms with Crippen LogP contribution in [0.4, 0.5) is 5.82 Å². The maximum absolute atomic E-state index is 12.1. The van der Waals surface area contributed by atoms with Crippen LogP contribution in [-0.4, -0.2) is 46.6 Å². The van der Waals surface area contributed by atoms with Crippen molar-refractivity contribution >= 4 is 39.2 Å². The number of thiophene rings is 1. The number of carbonyl (C=O) groups excluding carboxylic acids is 2. The summed E-state index contributed by atoms with van der Waals surface area (Å²) in [5.74, 6) is 0.116. The van der Waals surface area contributed by atoms with Gasteiger partial charge in [-0.1, -0.05) is 6.07 Å². The predicted octanol–water partition coefficient (Wildman–Crippen LogP) is 3.11. The minimum Gasteiger partial charge on any atom is -0.508 e. The molecule has 0 saturated carbocycles. The minimum absolute atomic E-state index is 0.0559. The third-order valence-corrected chi connectivity index (χ3v) is 5.41. The quantitative estimate of drug-likeness (QED) is 0.383. The van der Waals surface area contributed by atoms with Crippen molar-refractivity contribution in [2.24, 2.45) is 0 Å². The molecule has 3 aromatic rings. The van der Waals surface area contributed by atoms with Crippen molar-refractivity contribution in [3.05, 3.63) is 46.6 Å². The fourth-order valence-corrected chi connectivity index (χ4v) is 3.89. The average Bonchev–Trinajstić information content (AvgIpc) is 3.05. The van der Waals surface area contributed by atoms with Gasteiger partial charge in [0.25, 0.3) is 5.91 Å². The van der Waals surface area contributed by atoms with Gasteiger partial charge >= 0.3 is 5.97 Å². The highest BCUT2D eigenvalue weighted by Crippen LogP contribution is 2.33. The van der Waals surface area contributed by atoms with Gasteiger partial charge in [0.05, 0.1) is 12.0 Å². The van der Waals surface area contributed by atoms with Gasteiger partial charge in [-0.15, -0.1) is 11.3 Å². The number of aromatic hydroxyl groups is 1. The van der Waals surface area contributed by atoms with Crippen molar-refractivity contribution in [2.45, 2.75) is 20.3 Å². The summed E-state index contributed by atoms with van der Waals surface area (Å²) >= 11 is 1.29. The van der Waals surface area contributed by atoms with E-state index in [0.29, 0.717) is 42.4 Å². The molecule has 152 valence electrons. The van der Waals surface area contributed by atoms with E-state index in [9.17, 15) is 14.7 Å². The molecule has 0 aliphatic heterocycles. The second-order valence-electron chi connectivity index (χ2n) is 6.27. The van der Waals surface area contributed by atoms with Crippen LogP contribution < -0.4 is 10.6 Å². The number of fused-ring (bicyclic) bond motifs is 1. The smallest absolute Gasteiger partial charge is 0.348 e. The van der Waals surface area contributed by atoms with Crippen molar-refractivity contribution in [3.63, 3.8) is 0 Å². The molecule has 0 saturated heterocycles. The van der Waals surface area contributed by atoms with E-state index in [2.05, 4.69) is 20.6 Å². The van der Waals surface area contributed by atoms with Gasteiger partial charge in [-0.2, -0.15) is 0 Å². The largest absolute Gasteiger partial charge is 0.508 e. The number of aryl methyl sites for hydroxylation is 1. The van der Waals surface area contributed by atoms with Gasteiger partial charge in [-0.05, 0) is 44.0 Å². The normalized spacial score (nSPS) is 10.7. The van der Waals surface area contributed by atoms with E-state index in [1.807, 2.05) is 6.92 Å². The number of hydrogen-bond acceptors (Lipinski definition) is 8. The Hall–Kier alpha value is -3.20. The molecular weight excluding hydrogens is 392 g/mol. The van der Waals surface area contributed by atoms with E-state index >= 15 is 0 Å². The summed E-state index contributed by atoms with van der Waals surface area (Å²) in [6.45, 7) is 4.99. The molecule has 1 aromatic carbocycles. The molecular formula is C20H22N4O4S. The summed E-state index contributed by atoms with van der Waals surface area (Å²) in [4.78, 5) is 34.0. The first-order valence-electron chi connectivity index (χ1n) is 9.23. The number of hydrogen-bond donors (Lipinski definition) is 3. The van der Waals surface area contributed by atoms with Gasteiger partial charge < -0.3 is 20.5 Å². The number of rotatable bonds is 8. The predicted molar refractivity (Wildman–Crippen MR) is 112 cm³/mol. The van der Waals surface area contributed by atoms with E-state index in [-0.39, 0.29) is 17.6 Å². The summed E-state index contributed by atoms with van der Waals surface area (Å²) in [7, 11) is 0. The van der Waals surface area contributed by atoms with Gasteiger partial charge in [0.15, 0.2) is 0 Å². The zero-order valence-electron chi connectivity index (χ0n) is 16.2. The zero-order chi connectivity index (χ0) is 20.8. The Balaban J connectivity index is 1.58. The monoisotopic (exact) mass is 414 g/mol. The highest BCUT2D eigenvalue weighted by atomic mass is 32.1. The molecule has 8 nitrogen and oxygen atoms in total. The number of anilines is 1. The number of esters is 1. The SMILES string of the molecule is CCOC(=O)c1sc2ncnc(NCCCNC(=O)c3cccc(O)c3)c2c1C. The zero-order valence-corrected chi connectivity index (χ0v) is 17.0. The van der Waals surface area contributed by atoms with Crippen molar-refractivity contribution < 1.29 is 19.4 Å². The van der Waals surface area contributed by atoms with Crippen molar-refractivity contribution in [2.75, 3.05) is 25.0 Å².